The number of aromatic nitrogens is 3. The highest BCUT2D eigenvalue weighted by Crippen LogP contribution is 2.23. The summed E-state index contributed by atoms with van der Waals surface area (Å²) in [6, 6.07) is 12.2. The maximum Gasteiger partial charge on any atom is 0.231 e. The van der Waals surface area contributed by atoms with Crippen molar-refractivity contribution in [1.29, 1.82) is 0 Å². The predicted octanol–water partition coefficient (Wildman–Crippen LogP) is 2.71. The minimum atomic E-state index is -0.292. The summed E-state index contributed by atoms with van der Waals surface area (Å²) in [5, 5.41) is 11.5. The average Bonchev–Trinajstić information content (AvgIpc) is 3.12. The van der Waals surface area contributed by atoms with Crippen LogP contribution >= 0.6 is 0 Å². The Balaban J connectivity index is 1.45. The van der Waals surface area contributed by atoms with E-state index in [-0.39, 0.29) is 17.6 Å². The molecular formula is C20H22FN5O. The summed E-state index contributed by atoms with van der Waals surface area (Å²) in [5.41, 5.74) is 2.63. The van der Waals surface area contributed by atoms with Gasteiger partial charge in [-0.25, -0.2) is 4.39 Å². The van der Waals surface area contributed by atoms with Crippen molar-refractivity contribution in [3.8, 4) is 0 Å². The second-order valence-electron chi connectivity index (χ2n) is 6.99. The Kier molecular flexibility index (Phi) is 4.75. The summed E-state index contributed by atoms with van der Waals surface area (Å²) in [6.07, 6.45) is 1.75. The SMILES string of the molecule is Cc1cccc2nnc(N3CCC[C@H](C(=O)NCc4cccc(F)c4)C3)n12. The molecule has 140 valence electrons. The van der Waals surface area contributed by atoms with Crippen LogP contribution in [0.4, 0.5) is 10.3 Å². The molecule has 3 aromatic rings. The van der Waals surface area contributed by atoms with Crippen LogP contribution in [0.25, 0.3) is 5.65 Å². The van der Waals surface area contributed by atoms with Gasteiger partial charge in [0, 0.05) is 25.3 Å². The number of hydrogen-bond donors (Lipinski definition) is 1. The first kappa shape index (κ1) is 17.5. The lowest BCUT2D eigenvalue weighted by Crippen LogP contribution is -2.43. The summed E-state index contributed by atoms with van der Waals surface area (Å²) in [7, 11) is 0. The molecule has 0 saturated carbocycles. The molecule has 1 aliphatic rings. The first-order chi connectivity index (χ1) is 13.1. The molecule has 27 heavy (non-hydrogen) atoms. The van der Waals surface area contributed by atoms with Crippen molar-refractivity contribution >= 4 is 17.5 Å². The highest BCUT2D eigenvalue weighted by Gasteiger charge is 2.28. The molecule has 1 saturated heterocycles. The molecule has 1 amide bonds. The van der Waals surface area contributed by atoms with Crippen LogP contribution in [0.5, 0.6) is 0 Å². The fourth-order valence-electron chi connectivity index (χ4n) is 3.64. The lowest BCUT2D eigenvalue weighted by molar-refractivity contribution is -0.125. The Morgan fingerprint density at radius 2 is 2.11 bits per heavy atom. The van der Waals surface area contributed by atoms with Gasteiger partial charge in [0.05, 0.1) is 5.92 Å². The van der Waals surface area contributed by atoms with E-state index in [0.29, 0.717) is 13.1 Å². The normalized spacial score (nSPS) is 17.3. The lowest BCUT2D eigenvalue weighted by atomic mass is 9.97. The average molecular weight is 367 g/mol. The zero-order valence-electron chi connectivity index (χ0n) is 15.2. The Bertz CT molecular complexity index is 970. The maximum atomic E-state index is 13.3. The molecular weight excluding hydrogens is 345 g/mol. The molecule has 1 N–H and O–H groups in total. The molecule has 0 unspecified atom stereocenters. The van der Waals surface area contributed by atoms with Crippen molar-refractivity contribution in [2.45, 2.75) is 26.3 Å². The monoisotopic (exact) mass is 367 g/mol. The number of carbonyl (C=O) groups is 1. The maximum absolute atomic E-state index is 13.3. The molecule has 2 aromatic heterocycles. The largest absolute Gasteiger partial charge is 0.352 e. The molecule has 1 aliphatic heterocycles. The highest BCUT2D eigenvalue weighted by molar-refractivity contribution is 5.79. The van der Waals surface area contributed by atoms with Crippen LogP contribution in [0.3, 0.4) is 0 Å². The van der Waals surface area contributed by atoms with Gasteiger partial charge in [-0.15, -0.1) is 10.2 Å². The van der Waals surface area contributed by atoms with Crippen LogP contribution in [0.15, 0.2) is 42.5 Å². The number of carbonyl (C=O) groups excluding carboxylic acids is 1. The number of fused-ring (bicyclic) bond motifs is 1. The number of pyridine rings is 1. The van der Waals surface area contributed by atoms with Crippen LogP contribution in [0.2, 0.25) is 0 Å². The van der Waals surface area contributed by atoms with E-state index in [1.165, 1.54) is 12.1 Å². The summed E-state index contributed by atoms with van der Waals surface area (Å²) in [4.78, 5) is 14.8. The number of hydrogen-bond acceptors (Lipinski definition) is 4. The Hall–Kier alpha value is -2.96. The van der Waals surface area contributed by atoms with E-state index in [4.69, 9.17) is 0 Å². The Labute approximate surface area is 157 Å². The smallest absolute Gasteiger partial charge is 0.231 e. The van der Waals surface area contributed by atoms with Crippen molar-refractivity contribution in [3.05, 3.63) is 59.5 Å². The quantitative estimate of drug-likeness (QED) is 0.770. The van der Waals surface area contributed by atoms with Gasteiger partial charge in [0.25, 0.3) is 0 Å². The molecule has 6 nitrogen and oxygen atoms in total. The number of anilines is 1. The van der Waals surface area contributed by atoms with Gasteiger partial charge in [-0.3, -0.25) is 9.20 Å². The Morgan fingerprint density at radius 3 is 2.96 bits per heavy atom. The molecule has 0 spiro atoms. The van der Waals surface area contributed by atoms with Gasteiger partial charge in [0.2, 0.25) is 11.9 Å². The fraction of sp³-hybridized carbons (Fsp3) is 0.350. The molecule has 0 aliphatic carbocycles. The van der Waals surface area contributed by atoms with E-state index in [1.807, 2.05) is 35.6 Å². The van der Waals surface area contributed by atoms with E-state index in [2.05, 4.69) is 20.4 Å². The molecule has 4 rings (SSSR count). The van der Waals surface area contributed by atoms with Crippen molar-refractivity contribution < 1.29 is 9.18 Å². The molecule has 1 aromatic carbocycles. The molecule has 1 fully saturated rings. The molecule has 3 heterocycles. The first-order valence-electron chi connectivity index (χ1n) is 9.19. The van der Waals surface area contributed by atoms with E-state index >= 15 is 0 Å². The van der Waals surface area contributed by atoms with Crippen LogP contribution in [-0.4, -0.2) is 33.6 Å². The lowest BCUT2D eigenvalue weighted by Gasteiger charge is -2.32. The minimum Gasteiger partial charge on any atom is -0.352 e. The number of rotatable bonds is 4. The number of nitrogens with one attached hydrogen (secondary N) is 1. The van der Waals surface area contributed by atoms with Gasteiger partial charge >= 0.3 is 0 Å². The summed E-state index contributed by atoms with van der Waals surface area (Å²) < 4.78 is 15.3. The zero-order valence-corrected chi connectivity index (χ0v) is 15.2. The Morgan fingerprint density at radius 1 is 1.26 bits per heavy atom. The third kappa shape index (κ3) is 3.63. The highest BCUT2D eigenvalue weighted by atomic mass is 19.1. The first-order valence-corrected chi connectivity index (χ1v) is 9.19. The van der Waals surface area contributed by atoms with E-state index < -0.39 is 0 Å². The van der Waals surface area contributed by atoms with Gasteiger partial charge < -0.3 is 10.2 Å². The van der Waals surface area contributed by atoms with Gasteiger partial charge in [0.15, 0.2) is 5.65 Å². The van der Waals surface area contributed by atoms with E-state index in [0.717, 1.165) is 42.2 Å². The van der Waals surface area contributed by atoms with E-state index in [1.54, 1.807) is 6.07 Å². The summed E-state index contributed by atoms with van der Waals surface area (Å²) in [5.74, 6) is 0.364. The number of benzene rings is 1. The van der Waals surface area contributed by atoms with E-state index in [9.17, 15) is 9.18 Å². The predicted molar refractivity (Wildman–Crippen MR) is 101 cm³/mol. The van der Waals surface area contributed by atoms with Crippen LogP contribution in [0.1, 0.15) is 24.1 Å². The third-order valence-electron chi connectivity index (χ3n) is 5.04. The summed E-state index contributed by atoms with van der Waals surface area (Å²) in [6.45, 7) is 3.81. The topological polar surface area (TPSA) is 62.5 Å². The van der Waals surface area contributed by atoms with Crippen molar-refractivity contribution in [3.63, 3.8) is 0 Å². The van der Waals surface area contributed by atoms with Crippen LogP contribution in [0, 0.1) is 18.7 Å². The molecule has 7 heteroatoms. The number of piperidine rings is 1. The zero-order chi connectivity index (χ0) is 18.8. The third-order valence-corrected chi connectivity index (χ3v) is 5.04. The fourth-order valence-corrected chi connectivity index (χ4v) is 3.64. The van der Waals surface area contributed by atoms with Gasteiger partial charge in [-0.05, 0) is 49.6 Å². The van der Waals surface area contributed by atoms with Crippen molar-refractivity contribution in [2.24, 2.45) is 5.92 Å². The van der Waals surface area contributed by atoms with Gasteiger partial charge in [-0.1, -0.05) is 18.2 Å². The molecule has 0 bridgehead atoms. The second-order valence-corrected chi connectivity index (χ2v) is 6.99. The van der Waals surface area contributed by atoms with Gasteiger partial charge in [-0.2, -0.15) is 0 Å². The van der Waals surface area contributed by atoms with Crippen LogP contribution < -0.4 is 10.2 Å². The van der Waals surface area contributed by atoms with Crippen LogP contribution in [-0.2, 0) is 11.3 Å². The second kappa shape index (κ2) is 7.34. The number of halogens is 1. The van der Waals surface area contributed by atoms with Crippen molar-refractivity contribution in [1.82, 2.24) is 19.9 Å². The van der Waals surface area contributed by atoms with Gasteiger partial charge in [0.1, 0.15) is 5.82 Å². The number of nitrogens with zero attached hydrogens (tertiary/aromatic N) is 4. The molecule has 1 atom stereocenters. The number of amides is 1. The minimum absolute atomic E-state index is 0.00509. The number of aryl methyl sites for hydroxylation is 1. The molecule has 0 radical (unpaired) electrons. The summed E-state index contributed by atoms with van der Waals surface area (Å²) >= 11 is 0. The standard InChI is InChI=1S/C20H22FN5O/c1-14-5-2-9-18-23-24-20(26(14)18)25-10-4-7-16(13-25)19(27)22-12-15-6-3-8-17(21)11-15/h2-3,5-6,8-9,11,16H,4,7,10,12-13H2,1H3,(H,22,27)/t16-/m0/s1. The van der Waals surface area contributed by atoms with Crippen molar-refractivity contribution in [2.75, 3.05) is 18.0 Å².